The third-order valence-electron chi connectivity index (χ3n) is 5.81. The molecule has 1 amide bonds. The molecule has 164 valence electrons. The molecule has 1 atom stereocenters. The molecule has 32 heavy (non-hydrogen) atoms. The standard InChI is InChI=1S/C22H20ClFN6O2/c1-12-10-29(3-4-30(12)22(31)32)15-7-16-17(23)8-19(26-21(16)25-9-15)13-5-14-11-28(2)27-20(14)18(24)6-13/h5-9,11-12H,3-4,10H2,1-2H3,(H,31,32)/t12-/m1/s1. The Bertz CT molecular complexity index is 1370. The Morgan fingerprint density at radius 2 is 2.06 bits per heavy atom. The summed E-state index contributed by atoms with van der Waals surface area (Å²) in [6, 6.07) is 6.71. The molecule has 4 heterocycles. The number of hydrogen-bond donors (Lipinski definition) is 1. The first-order chi connectivity index (χ1) is 15.3. The van der Waals surface area contributed by atoms with E-state index in [1.54, 1.807) is 30.2 Å². The molecule has 1 aromatic carbocycles. The molecule has 1 N–H and O–H groups in total. The van der Waals surface area contributed by atoms with Crippen LogP contribution in [0.4, 0.5) is 14.9 Å². The number of rotatable bonds is 2. The van der Waals surface area contributed by atoms with Crippen molar-refractivity contribution in [1.82, 2.24) is 24.6 Å². The van der Waals surface area contributed by atoms with Gasteiger partial charge in [-0.05, 0) is 31.2 Å². The number of aromatic nitrogens is 4. The molecule has 0 bridgehead atoms. The first-order valence-electron chi connectivity index (χ1n) is 10.1. The first-order valence-corrected chi connectivity index (χ1v) is 10.5. The van der Waals surface area contributed by atoms with Crippen molar-refractivity contribution in [1.29, 1.82) is 0 Å². The molecule has 0 saturated carbocycles. The van der Waals surface area contributed by atoms with Gasteiger partial charge in [0.25, 0.3) is 0 Å². The maximum absolute atomic E-state index is 14.5. The van der Waals surface area contributed by atoms with E-state index in [0.29, 0.717) is 57.9 Å². The highest BCUT2D eigenvalue weighted by molar-refractivity contribution is 6.35. The van der Waals surface area contributed by atoms with Crippen molar-refractivity contribution in [2.24, 2.45) is 7.05 Å². The largest absolute Gasteiger partial charge is 0.465 e. The molecule has 0 spiro atoms. The van der Waals surface area contributed by atoms with Gasteiger partial charge in [0.1, 0.15) is 5.52 Å². The summed E-state index contributed by atoms with van der Waals surface area (Å²) in [5, 5.41) is 15.2. The smallest absolute Gasteiger partial charge is 0.407 e. The zero-order chi connectivity index (χ0) is 22.6. The van der Waals surface area contributed by atoms with Crippen LogP contribution in [0.3, 0.4) is 0 Å². The van der Waals surface area contributed by atoms with E-state index in [1.807, 2.05) is 19.1 Å². The number of halogens is 2. The Balaban J connectivity index is 1.50. The summed E-state index contributed by atoms with van der Waals surface area (Å²) in [5.74, 6) is -0.422. The summed E-state index contributed by atoms with van der Waals surface area (Å²) in [7, 11) is 1.74. The van der Waals surface area contributed by atoms with Gasteiger partial charge in [0.15, 0.2) is 11.5 Å². The fourth-order valence-corrected chi connectivity index (χ4v) is 4.46. The number of pyridine rings is 2. The lowest BCUT2D eigenvalue weighted by molar-refractivity contribution is 0.122. The van der Waals surface area contributed by atoms with E-state index >= 15 is 0 Å². The zero-order valence-corrected chi connectivity index (χ0v) is 18.2. The average Bonchev–Trinajstić information content (AvgIpc) is 3.14. The highest BCUT2D eigenvalue weighted by Crippen LogP contribution is 2.32. The van der Waals surface area contributed by atoms with E-state index in [9.17, 15) is 14.3 Å². The fraction of sp³-hybridized carbons (Fsp3) is 0.273. The second-order valence-electron chi connectivity index (χ2n) is 8.02. The minimum atomic E-state index is -0.908. The number of piperazine rings is 1. The summed E-state index contributed by atoms with van der Waals surface area (Å²) in [4.78, 5) is 23.9. The lowest BCUT2D eigenvalue weighted by Gasteiger charge is -2.39. The van der Waals surface area contributed by atoms with Crippen LogP contribution in [0, 0.1) is 5.82 Å². The van der Waals surface area contributed by atoms with E-state index in [2.05, 4.69) is 20.0 Å². The lowest BCUT2D eigenvalue weighted by Crippen LogP contribution is -2.53. The van der Waals surface area contributed by atoms with Gasteiger partial charge >= 0.3 is 6.09 Å². The van der Waals surface area contributed by atoms with Crippen molar-refractivity contribution in [2.75, 3.05) is 24.5 Å². The number of amides is 1. The third-order valence-corrected chi connectivity index (χ3v) is 6.12. The van der Waals surface area contributed by atoms with Crippen molar-refractivity contribution in [3.8, 4) is 11.3 Å². The predicted molar refractivity (Wildman–Crippen MR) is 121 cm³/mol. The second kappa shape index (κ2) is 7.59. The predicted octanol–water partition coefficient (Wildman–Crippen LogP) is 4.16. The van der Waals surface area contributed by atoms with E-state index in [-0.39, 0.29) is 6.04 Å². The van der Waals surface area contributed by atoms with Crippen molar-refractivity contribution >= 4 is 45.3 Å². The van der Waals surface area contributed by atoms with Gasteiger partial charge in [-0.15, -0.1) is 0 Å². The summed E-state index contributed by atoms with van der Waals surface area (Å²) in [5.41, 5.74) is 2.74. The topological polar surface area (TPSA) is 87.4 Å². The molecular weight excluding hydrogens is 435 g/mol. The number of anilines is 1. The number of carbonyl (C=O) groups is 1. The number of hydrogen-bond acceptors (Lipinski definition) is 5. The van der Waals surface area contributed by atoms with Crippen LogP contribution in [0.5, 0.6) is 0 Å². The Labute approximate surface area is 187 Å². The second-order valence-corrected chi connectivity index (χ2v) is 8.43. The molecule has 1 saturated heterocycles. The molecule has 1 aliphatic heterocycles. The van der Waals surface area contributed by atoms with Gasteiger partial charge in [0, 0.05) is 55.3 Å². The third kappa shape index (κ3) is 3.48. The SMILES string of the molecule is C[C@@H]1CN(c2cnc3nc(-c4cc(F)c5nn(C)cc5c4)cc(Cl)c3c2)CCN1C(=O)O. The molecule has 5 rings (SSSR count). The summed E-state index contributed by atoms with van der Waals surface area (Å²) >= 11 is 6.58. The van der Waals surface area contributed by atoms with Crippen molar-refractivity contribution in [3.63, 3.8) is 0 Å². The van der Waals surface area contributed by atoms with E-state index < -0.39 is 11.9 Å². The molecule has 8 nitrogen and oxygen atoms in total. The van der Waals surface area contributed by atoms with Crippen LogP contribution < -0.4 is 4.90 Å². The molecule has 10 heteroatoms. The van der Waals surface area contributed by atoms with Crippen LogP contribution in [-0.4, -0.2) is 61.5 Å². The number of fused-ring (bicyclic) bond motifs is 2. The van der Waals surface area contributed by atoms with Crippen molar-refractivity contribution in [3.05, 3.63) is 47.5 Å². The Hall–Kier alpha value is -3.46. The number of benzene rings is 1. The molecular formula is C22H20ClFN6O2. The van der Waals surface area contributed by atoms with Crippen LogP contribution in [0.1, 0.15) is 6.92 Å². The maximum Gasteiger partial charge on any atom is 0.407 e. The van der Waals surface area contributed by atoms with Gasteiger partial charge in [-0.2, -0.15) is 5.10 Å². The van der Waals surface area contributed by atoms with Crippen LogP contribution in [0.2, 0.25) is 5.02 Å². The number of aryl methyl sites for hydroxylation is 1. The Morgan fingerprint density at radius 3 is 2.81 bits per heavy atom. The number of nitrogens with zero attached hydrogens (tertiary/aromatic N) is 6. The molecule has 4 aromatic rings. The number of carboxylic acid groups (broad SMARTS) is 1. The average molecular weight is 455 g/mol. The van der Waals surface area contributed by atoms with Gasteiger partial charge in [-0.3, -0.25) is 4.68 Å². The van der Waals surface area contributed by atoms with Crippen LogP contribution in [0.25, 0.3) is 33.2 Å². The van der Waals surface area contributed by atoms with Gasteiger partial charge in [0.05, 0.1) is 22.6 Å². The lowest BCUT2D eigenvalue weighted by atomic mass is 10.1. The zero-order valence-electron chi connectivity index (χ0n) is 17.5. The maximum atomic E-state index is 14.5. The fourth-order valence-electron chi connectivity index (χ4n) is 4.21. The van der Waals surface area contributed by atoms with Gasteiger partial charge in [0.2, 0.25) is 0 Å². The highest BCUT2D eigenvalue weighted by Gasteiger charge is 2.27. The van der Waals surface area contributed by atoms with Gasteiger partial charge < -0.3 is 14.9 Å². The minimum Gasteiger partial charge on any atom is -0.465 e. The summed E-state index contributed by atoms with van der Waals surface area (Å²) < 4.78 is 16.1. The quantitative estimate of drug-likeness (QED) is 0.489. The monoisotopic (exact) mass is 454 g/mol. The molecule has 0 radical (unpaired) electrons. The summed E-state index contributed by atoms with van der Waals surface area (Å²) in [6.45, 7) is 3.43. The molecule has 0 unspecified atom stereocenters. The Morgan fingerprint density at radius 1 is 1.25 bits per heavy atom. The molecule has 0 aliphatic carbocycles. The summed E-state index contributed by atoms with van der Waals surface area (Å²) in [6.07, 6.45) is 2.55. The van der Waals surface area contributed by atoms with Crippen molar-refractivity contribution < 1.29 is 14.3 Å². The minimum absolute atomic E-state index is 0.134. The Kier molecular flexibility index (Phi) is 4.85. The molecule has 3 aromatic heterocycles. The van der Waals surface area contributed by atoms with Crippen LogP contribution in [0.15, 0.2) is 36.7 Å². The van der Waals surface area contributed by atoms with Crippen LogP contribution >= 0.6 is 11.6 Å². The van der Waals surface area contributed by atoms with E-state index in [0.717, 1.165) is 5.69 Å². The van der Waals surface area contributed by atoms with E-state index in [1.165, 1.54) is 11.0 Å². The van der Waals surface area contributed by atoms with Crippen molar-refractivity contribution in [2.45, 2.75) is 13.0 Å². The highest BCUT2D eigenvalue weighted by atomic mass is 35.5. The van der Waals surface area contributed by atoms with Gasteiger partial charge in [-0.25, -0.2) is 19.2 Å². The molecule has 1 fully saturated rings. The first kappa shape index (κ1) is 20.4. The molecule has 1 aliphatic rings. The normalized spacial score (nSPS) is 16.8. The van der Waals surface area contributed by atoms with Gasteiger partial charge in [-0.1, -0.05) is 11.6 Å². The van der Waals surface area contributed by atoms with E-state index in [4.69, 9.17) is 11.6 Å². The van der Waals surface area contributed by atoms with Crippen LogP contribution in [-0.2, 0) is 7.05 Å².